The van der Waals surface area contributed by atoms with E-state index in [-0.39, 0.29) is 0 Å². The molecule has 4 aliphatic rings. The highest BCUT2D eigenvalue weighted by Crippen LogP contribution is 2.48. The van der Waals surface area contributed by atoms with Gasteiger partial charge < -0.3 is 14.9 Å². The van der Waals surface area contributed by atoms with Gasteiger partial charge in [0.15, 0.2) is 0 Å². The second-order valence-corrected chi connectivity index (χ2v) is 10.3. The summed E-state index contributed by atoms with van der Waals surface area (Å²) in [5.41, 5.74) is -0.395. The molecule has 0 aromatic rings. The Kier molecular flexibility index (Phi) is 7.16. The van der Waals surface area contributed by atoms with E-state index in [1.807, 2.05) is 0 Å². The second kappa shape index (κ2) is 9.59. The third kappa shape index (κ3) is 4.73. The Morgan fingerprint density at radius 2 is 1.00 bits per heavy atom. The van der Waals surface area contributed by atoms with Crippen LogP contribution in [0.1, 0.15) is 89.9 Å². The van der Waals surface area contributed by atoms with Crippen molar-refractivity contribution in [3.8, 4) is 0 Å². The molecule has 2 unspecified atom stereocenters. The Labute approximate surface area is 167 Å². The highest BCUT2D eigenvalue weighted by atomic mass is 16.3. The van der Waals surface area contributed by atoms with Gasteiger partial charge in [0.25, 0.3) is 0 Å². The van der Waals surface area contributed by atoms with Crippen LogP contribution in [0.2, 0.25) is 0 Å². The van der Waals surface area contributed by atoms with Gasteiger partial charge in [0.05, 0.1) is 5.60 Å². The SMILES string of the molecule is OC1(C2CCCCC2)C(CN2CCCCC2)CCCC1CN1CCCCC1. The van der Waals surface area contributed by atoms with Crippen molar-refractivity contribution < 1.29 is 5.11 Å². The molecule has 2 saturated heterocycles. The van der Waals surface area contributed by atoms with Crippen LogP contribution in [0.3, 0.4) is 0 Å². The average Bonchev–Trinajstić information content (AvgIpc) is 2.73. The van der Waals surface area contributed by atoms with Gasteiger partial charge in [-0.05, 0) is 83.5 Å². The molecule has 4 fully saturated rings. The summed E-state index contributed by atoms with van der Waals surface area (Å²) in [6.07, 6.45) is 18.8. The molecule has 27 heavy (non-hydrogen) atoms. The highest BCUT2D eigenvalue weighted by molar-refractivity contribution is 5.03. The van der Waals surface area contributed by atoms with Crippen molar-refractivity contribution in [3.63, 3.8) is 0 Å². The van der Waals surface area contributed by atoms with Crippen molar-refractivity contribution in [2.24, 2.45) is 17.8 Å². The van der Waals surface area contributed by atoms with Gasteiger partial charge in [0, 0.05) is 24.9 Å². The van der Waals surface area contributed by atoms with Gasteiger partial charge in [-0.15, -0.1) is 0 Å². The molecule has 2 atom stereocenters. The molecular formula is C24H44N2O. The lowest BCUT2D eigenvalue weighted by molar-refractivity contribution is -0.157. The molecule has 2 saturated carbocycles. The molecule has 0 amide bonds. The summed E-state index contributed by atoms with van der Waals surface area (Å²) in [4.78, 5) is 5.40. The monoisotopic (exact) mass is 376 g/mol. The Morgan fingerprint density at radius 1 is 0.556 bits per heavy atom. The molecule has 0 bridgehead atoms. The first-order valence-electron chi connectivity index (χ1n) is 12.4. The third-order valence-corrected chi connectivity index (χ3v) is 8.53. The molecule has 1 N–H and O–H groups in total. The van der Waals surface area contributed by atoms with Crippen LogP contribution < -0.4 is 0 Å². The quantitative estimate of drug-likeness (QED) is 0.754. The minimum atomic E-state index is -0.395. The van der Waals surface area contributed by atoms with Crippen LogP contribution >= 0.6 is 0 Å². The van der Waals surface area contributed by atoms with E-state index in [9.17, 15) is 5.11 Å². The molecule has 3 heteroatoms. The van der Waals surface area contributed by atoms with Crippen molar-refractivity contribution in [1.82, 2.24) is 9.80 Å². The Balaban J connectivity index is 1.50. The van der Waals surface area contributed by atoms with E-state index in [2.05, 4.69) is 9.80 Å². The van der Waals surface area contributed by atoms with Gasteiger partial charge in [-0.2, -0.15) is 0 Å². The van der Waals surface area contributed by atoms with Gasteiger partial charge in [-0.25, -0.2) is 0 Å². The van der Waals surface area contributed by atoms with Gasteiger partial charge in [0.1, 0.15) is 0 Å². The first-order chi connectivity index (χ1) is 13.3. The standard InChI is InChI=1S/C24H44N2O/c27-24(21-11-4-1-5-12-21)22(19-25-15-6-2-7-16-25)13-10-14-23(24)20-26-17-8-3-9-18-26/h21-23,27H,1-20H2. The van der Waals surface area contributed by atoms with Crippen LogP contribution in [-0.2, 0) is 0 Å². The topological polar surface area (TPSA) is 26.7 Å². The fourth-order valence-corrected chi connectivity index (χ4v) is 7.02. The van der Waals surface area contributed by atoms with Crippen LogP contribution in [0.4, 0.5) is 0 Å². The Morgan fingerprint density at radius 3 is 1.48 bits per heavy atom. The minimum Gasteiger partial charge on any atom is -0.389 e. The van der Waals surface area contributed by atoms with E-state index in [0.717, 1.165) is 0 Å². The zero-order chi connectivity index (χ0) is 18.5. The maximum Gasteiger partial charge on any atom is 0.0756 e. The summed E-state index contributed by atoms with van der Waals surface area (Å²) < 4.78 is 0. The molecule has 3 nitrogen and oxygen atoms in total. The van der Waals surface area contributed by atoms with E-state index < -0.39 is 5.60 Å². The molecule has 2 aliphatic heterocycles. The highest BCUT2D eigenvalue weighted by Gasteiger charge is 2.51. The fourth-order valence-electron chi connectivity index (χ4n) is 7.02. The molecule has 156 valence electrons. The second-order valence-electron chi connectivity index (χ2n) is 10.3. The number of hydrogen-bond donors (Lipinski definition) is 1. The lowest BCUT2D eigenvalue weighted by Gasteiger charge is -2.54. The number of rotatable bonds is 5. The van der Waals surface area contributed by atoms with Gasteiger partial charge in [0.2, 0.25) is 0 Å². The molecule has 0 spiro atoms. The summed E-state index contributed by atoms with van der Waals surface area (Å²) >= 11 is 0. The van der Waals surface area contributed by atoms with E-state index in [4.69, 9.17) is 0 Å². The number of hydrogen-bond acceptors (Lipinski definition) is 3. The predicted molar refractivity (Wildman–Crippen MR) is 113 cm³/mol. The lowest BCUT2D eigenvalue weighted by Crippen LogP contribution is -2.59. The molecule has 4 rings (SSSR count). The van der Waals surface area contributed by atoms with E-state index in [0.29, 0.717) is 17.8 Å². The number of nitrogens with zero attached hydrogens (tertiary/aromatic N) is 2. The van der Waals surface area contributed by atoms with Gasteiger partial charge in [-0.3, -0.25) is 0 Å². The predicted octanol–water partition coefficient (Wildman–Crippen LogP) is 4.69. The number of piperidine rings is 2. The smallest absolute Gasteiger partial charge is 0.0756 e. The van der Waals surface area contributed by atoms with Crippen LogP contribution in [0, 0.1) is 17.8 Å². The molecule has 0 aromatic heterocycles. The van der Waals surface area contributed by atoms with Crippen molar-refractivity contribution in [1.29, 1.82) is 0 Å². The zero-order valence-electron chi connectivity index (χ0n) is 17.7. The third-order valence-electron chi connectivity index (χ3n) is 8.53. The van der Waals surface area contributed by atoms with Crippen molar-refractivity contribution in [2.75, 3.05) is 39.3 Å². The summed E-state index contributed by atoms with van der Waals surface area (Å²) in [6.45, 7) is 7.43. The molecular weight excluding hydrogens is 332 g/mol. The fraction of sp³-hybridized carbons (Fsp3) is 1.00. The van der Waals surface area contributed by atoms with Gasteiger partial charge in [-0.1, -0.05) is 38.5 Å². The summed E-state index contributed by atoms with van der Waals surface area (Å²) in [5.74, 6) is 1.60. The average molecular weight is 377 g/mol. The van der Waals surface area contributed by atoms with E-state index in [1.54, 1.807) is 0 Å². The Hall–Kier alpha value is -0.120. The van der Waals surface area contributed by atoms with Crippen molar-refractivity contribution in [2.45, 2.75) is 95.5 Å². The molecule has 2 aliphatic carbocycles. The normalized spacial score (nSPS) is 38.1. The lowest BCUT2D eigenvalue weighted by atomic mass is 9.59. The summed E-state index contributed by atoms with van der Waals surface area (Å²) in [6, 6.07) is 0. The molecule has 2 heterocycles. The van der Waals surface area contributed by atoms with Crippen LogP contribution in [0.25, 0.3) is 0 Å². The molecule has 0 aromatic carbocycles. The van der Waals surface area contributed by atoms with E-state index >= 15 is 0 Å². The maximum atomic E-state index is 12.4. The zero-order valence-corrected chi connectivity index (χ0v) is 17.7. The first kappa shape index (κ1) is 20.2. The maximum absolute atomic E-state index is 12.4. The first-order valence-corrected chi connectivity index (χ1v) is 12.4. The van der Waals surface area contributed by atoms with Crippen molar-refractivity contribution in [3.05, 3.63) is 0 Å². The minimum absolute atomic E-state index is 0.395. The van der Waals surface area contributed by atoms with Crippen LogP contribution in [-0.4, -0.2) is 59.8 Å². The van der Waals surface area contributed by atoms with Crippen molar-refractivity contribution >= 4 is 0 Å². The van der Waals surface area contributed by atoms with Crippen LogP contribution in [0.5, 0.6) is 0 Å². The van der Waals surface area contributed by atoms with Gasteiger partial charge >= 0.3 is 0 Å². The van der Waals surface area contributed by atoms with Crippen LogP contribution in [0.15, 0.2) is 0 Å². The number of likely N-dealkylation sites (tertiary alicyclic amines) is 2. The summed E-state index contributed by atoms with van der Waals surface area (Å²) in [7, 11) is 0. The Bertz CT molecular complexity index is 408. The molecule has 0 radical (unpaired) electrons. The van der Waals surface area contributed by atoms with E-state index in [1.165, 1.54) is 129 Å². The largest absolute Gasteiger partial charge is 0.389 e. The summed E-state index contributed by atoms with van der Waals surface area (Å²) in [5, 5.41) is 12.4. The number of aliphatic hydroxyl groups is 1.